The molecule has 3 aromatic carbocycles. The van der Waals surface area contributed by atoms with Crippen molar-refractivity contribution < 1.29 is 17.6 Å². The number of benzene rings is 3. The molecule has 0 radical (unpaired) electrons. The zero-order chi connectivity index (χ0) is 20.0. The van der Waals surface area contributed by atoms with Crippen molar-refractivity contribution in [3.05, 3.63) is 90.0 Å². The van der Waals surface area contributed by atoms with Gasteiger partial charge in [-0.15, -0.1) is 0 Å². The number of hydrogen-bond acceptors (Lipinski definition) is 2. The van der Waals surface area contributed by atoms with Gasteiger partial charge in [0.15, 0.2) is 5.58 Å². The van der Waals surface area contributed by atoms with E-state index in [9.17, 15) is 13.2 Å². The Hall–Kier alpha value is -3.54. The molecule has 0 bridgehead atoms. The molecular formula is C23H15F3N2O. The highest BCUT2D eigenvalue weighted by Gasteiger charge is 2.30. The summed E-state index contributed by atoms with van der Waals surface area (Å²) in [6, 6.07) is 22.5. The lowest BCUT2D eigenvalue weighted by molar-refractivity contribution is -0.137. The number of halogens is 3. The molecule has 0 N–H and O–H groups in total. The number of para-hydroxylation sites is 1. The van der Waals surface area contributed by atoms with Crippen LogP contribution in [0.25, 0.3) is 33.3 Å². The van der Waals surface area contributed by atoms with E-state index in [1.807, 2.05) is 54.6 Å². The molecule has 0 saturated heterocycles. The van der Waals surface area contributed by atoms with Gasteiger partial charge in [-0.3, -0.25) is 4.68 Å². The Morgan fingerprint density at radius 1 is 0.862 bits per heavy atom. The number of hydrogen-bond donors (Lipinski definition) is 0. The SMILES string of the molecule is FC(F)(F)c1cccc(Cn2nc(-c3ccccc3)c3oc4ccccc4c32)c1. The highest BCUT2D eigenvalue weighted by molar-refractivity contribution is 6.07. The van der Waals surface area contributed by atoms with Crippen LogP contribution < -0.4 is 0 Å². The van der Waals surface area contributed by atoms with Gasteiger partial charge >= 0.3 is 6.18 Å². The topological polar surface area (TPSA) is 31.0 Å². The fourth-order valence-corrected chi connectivity index (χ4v) is 3.58. The largest absolute Gasteiger partial charge is 0.452 e. The first kappa shape index (κ1) is 17.6. The van der Waals surface area contributed by atoms with E-state index in [2.05, 4.69) is 0 Å². The molecule has 2 heterocycles. The lowest BCUT2D eigenvalue weighted by atomic mass is 10.1. The maximum absolute atomic E-state index is 13.1. The number of nitrogens with zero attached hydrogens (tertiary/aromatic N) is 2. The zero-order valence-corrected chi connectivity index (χ0v) is 15.1. The van der Waals surface area contributed by atoms with E-state index in [1.165, 1.54) is 6.07 Å². The molecule has 2 aromatic heterocycles. The predicted octanol–water partition coefficient (Wildman–Crippen LogP) is 6.52. The van der Waals surface area contributed by atoms with Crippen molar-refractivity contribution in [3.63, 3.8) is 0 Å². The second kappa shape index (κ2) is 6.51. The Kier molecular flexibility index (Phi) is 3.94. The molecule has 0 atom stereocenters. The summed E-state index contributed by atoms with van der Waals surface area (Å²) in [5.74, 6) is 0. The van der Waals surface area contributed by atoms with Gasteiger partial charge in [0.05, 0.1) is 12.1 Å². The van der Waals surface area contributed by atoms with E-state index >= 15 is 0 Å². The van der Waals surface area contributed by atoms with Crippen LogP contribution in [0.5, 0.6) is 0 Å². The van der Waals surface area contributed by atoms with Gasteiger partial charge < -0.3 is 4.42 Å². The van der Waals surface area contributed by atoms with Crippen LogP contribution in [0.4, 0.5) is 13.2 Å². The molecule has 6 heteroatoms. The smallest absolute Gasteiger partial charge is 0.416 e. The van der Waals surface area contributed by atoms with E-state index in [-0.39, 0.29) is 6.54 Å². The van der Waals surface area contributed by atoms with Crippen LogP contribution in [-0.2, 0) is 12.7 Å². The summed E-state index contributed by atoms with van der Waals surface area (Å²) in [6.45, 7) is 0.205. The monoisotopic (exact) mass is 392 g/mol. The van der Waals surface area contributed by atoms with Crippen LogP contribution in [0.1, 0.15) is 11.1 Å². The second-order valence-electron chi connectivity index (χ2n) is 6.85. The summed E-state index contributed by atoms with van der Waals surface area (Å²) in [5.41, 5.74) is 3.53. The van der Waals surface area contributed by atoms with Crippen molar-refractivity contribution in [2.24, 2.45) is 0 Å². The van der Waals surface area contributed by atoms with Gasteiger partial charge in [0.25, 0.3) is 0 Å². The van der Waals surface area contributed by atoms with Crippen molar-refractivity contribution in [1.29, 1.82) is 0 Å². The lowest BCUT2D eigenvalue weighted by Crippen LogP contribution is -2.07. The van der Waals surface area contributed by atoms with Crippen LogP contribution in [0.15, 0.2) is 83.3 Å². The number of furan rings is 1. The van der Waals surface area contributed by atoms with Crippen molar-refractivity contribution >= 4 is 22.1 Å². The maximum atomic E-state index is 13.1. The van der Waals surface area contributed by atoms with Gasteiger partial charge in [0.2, 0.25) is 0 Å². The molecule has 0 aliphatic heterocycles. The van der Waals surface area contributed by atoms with Gasteiger partial charge in [-0.1, -0.05) is 54.6 Å². The molecule has 0 aliphatic carbocycles. The number of rotatable bonds is 3. The Morgan fingerprint density at radius 2 is 1.62 bits per heavy atom. The average Bonchev–Trinajstić information content (AvgIpc) is 3.26. The van der Waals surface area contributed by atoms with Gasteiger partial charge in [0.1, 0.15) is 16.8 Å². The fraction of sp³-hybridized carbons (Fsp3) is 0.0870. The molecule has 0 spiro atoms. The summed E-state index contributed by atoms with van der Waals surface area (Å²) in [6.07, 6.45) is -4.38. The molecule has 29 heavy (non-hydrogen) atoms. The number of aromatic nitrogens is 2. The Morgan fingerprint density at radius 3 is 2.41 bits per heavy atom. The molecule has 0 aliphatic rings. The summed E-state index contributed by atoms with van der Waals surface area (Å²) >= 11 is 0. The zero-order valence-electron chi connectivity index (χ0n) is 15.1. The molecular weight excluding hydrogens is 377 g/mol. The van der Waals surface area contributed by atoms with Crippen LogP contribution in [0, 0.1) is 0 Å². The third-order valence-corrected chi connectivity index (χ3v) is 4.90. The number of fused-ring (bicyclic) bond motifs is 3. The third-order valence-electron chi connectivity index (χ3n) is 4.90. The lowest BCUT2D eigenvalue weighted by Gasteiger charge is -2.09. The summed E-state index contributed by atoms with van der Waals surface area (Å²) in [7, 11) is 0. The standard InChI is InChI=1S/C23H15F3N2O/c24-23(25,26)17-10-6-7-15(13-17)14-28-21-18-11-4-5-12-19(18)29-22(21)20(27-28)16-8-2-1-3-9-16/h1-13H,14H2. The van der Waals surface area contributed by atoms with Crippen molar-refractivity contribution in [2.75, 3.05) is 0 Å². The maximum Gasteiger partial charge on any atom is 0.416 e. The molecule has 144 valence electrons. The summed E-state index contributed by atoms with van der Waals surface area (Å²) in [4.78, 5) is 0. The van der Waals surface area contributed by atoms with Crippen LogP contribution in [-0.4, -0.2) is 9.78 Å². The van der Waals surface area contributed by atoms with Gasteiger partial charge in [-0.25, -0.2) is 0 Å². The van der Waals surface area contributed by atoms with E-state index in [4.69, 9.17) is 9.52 Å². The van der Waals surface area contributed by atoms with Crippen molar-refractivity contribution in [1.82, 2.24) is 9.78 Å². The molecule has 0 saturated carbocycles. The van der Waals surface area contributed by atoms with Crippen LogP contribution in [0.3, 0.4) is 0 Å². The number of alkyl halides is 3. The minimum absolute atomic E-state index is 0.205. The first-order valence-corrected chi connectivity index (χ1v) is 9.10. The molecule has 5 rings (SSSR count). The van der Waals surface area contributed by atoms with Gasteiger partial charge in [-0.05, 0) is 29.8 Å². The van der Waals surface area contributed by atoms with E-state index in [0.717, 1.165) is 34.2 Å². The molecule has 3 nitrogen and oxygen atoms in total. The Bertz CT molecular complexity index is 1320. The minimum atomic E-state index is -4.38. The molecule has 0 unspecified atom stereocenters. The summed E-state index contributed by atoms with van der Waals surface area (Å²) < 4.78 is 47.1. The van der Waals surface area contributed by atoms with Crippen LogP contribution in [0.2, 0.25) is 0 Å². The average molecular weight is 392 g/mol. The molecule has 0 fully saturated rings. The van der Waals surface area contributed by atoms with E-state index < -0.39 is 11.7 Å². The first-order valence-electron chi connectivity index (χ1n) is 9.10. The Balaban J connectivity index is 1.70. The van der Waals surface area contributed by atoms with Gasteiger partial charge in [-0.2, -0.15) is 18.3 Å². The second-order valence-corrected chi connectivity index (χ2v) is 6.85. The van der Waals surface area contributed by atoms with Gasteiger partial charge in [0, 0.05) is 10.9 Å². The van der Waals surface area contributed by atoms with E-state index in [0.29, 0.717) is 16.8 Å². The summed E-state index contributed by atoms with van der Waals surface area (Å²) in [5, 5.41) is 5.58. The van der Waals surface area contributed by atoms with Crippen molar-refractivity contribution in [3.8, 4) is 11.3 Å². The third kappa shape index (κ3) is 3.06. The van der Waals surface area contributed by atoms with Crippen molar-refractivity contribution in [2.45, 2.75) is 12.7 Å². The van der Waals surface area contributed by atoms with E-state index in [1.54, 1.807) is 10.7 Å². The molecule has 0 amide bonds. The predicted molar refractivity (Wildman–Crippen MR) is 105 cm³/mol. The first-order chi connectivity index (χ1) is 14.0. The van der Waals surface area contributed by atoms with Crippen LogP contribution >= 0.6 is 0 Å². The molecule has 5 aromatic rings. The minimum Gasteiger partial charge on any atom is -0.452 e. The Labute approximate surface area is 164 Å². The fourth-order valence-electron chi connectivity index (χ4n) is 3.58. The normalized spacial score (nSPS) is 12.1. The highest BCUT2D eigenvalue weighted by Crippen LogP contribution is 2.36. The highest BCUT2D eigenvalue weighted by atomic mass is 19.4. The quantitative estimate of drug-likeness (QED) is 0.350.